The maximum absolute atomic E-state index is 16.2. The predicted octanol–water partition coefficient (Wildman–Crippen LogP) is 6.68. The van der Waals surface area contributed by atoms with Gasteiger partial charge in [0, 0.05) is 23.1 Å². The van der Waals surface area contributed by atoms with Gasteiger partial charge in [-0.25, -0.2) is 8.78 Å². The number of rotatable bonds is 7. The molecule has 0 aromatic heterocycles. The summed E-state index contributed by atoms with van der Waals surface area (Å²) in [6, 6.07) is 10.4. The van der Waals surface area contributed by atoms with E-state index in [1.165, 1.54) is 11.0 Å². The molecule has 1 aliphatic carbocycles. The number of likely N-dealkylation sites (tertiary alicyclic amines) is 1. The monoisotopic (exact) mass is 609 g/mol. The smallest absolute Gasteiger partial charge is 0.426 e. The normalized spacial score (nSPS) is 28.6. The van der Waals surface area contributed by atoms with Crippen LogP contribution in [0.25, 0.3) is 0 Å². The Hall–Kier alpha value is -3.37. The molecule has 5 rings (SSSR count). The standard InChI is InChI=1S/C32H36F5NO5/c1-3-42-23-8-5-20(6-9-23)18-30-13-4-16-38(28(41)31(34)14-11-21(12-15-31)27(39)40)26(30)19-43-25-17-22(7-10-24(25)30)29(2,33)32(35,36)37/h5-10,17,21,26H,3-4,11-16,18-19H2,1-2H3,(H,39,40)/t21-,26?,29?,30?,31+. The summed E-state index contributed by atoms with van der Waals surface area (Å²) in [4.78, 5) is 26.8. The van der Waals surface area contributed by atoms with Crippen LogP contribution in [0.2, 0.25) is 0 Å². The molecule has 0 radical (unpaired) electrons. The number of piperidine rings is 1. The van der Waals surface area contributed by atoms with E-state index in [4.69, 9.17) is 9.47 Å². The van der Waals surface area contributed by atoms with Crippen molar-refractivity contribution < 1.29 is 46.1 Å². The Morgan fingerprint density at radius 3 is 2.35 bits per heavy atom. The number of aliphatic carboxylic acids is 1. The number of amides is 1. The lowest BCUT2D eigenvalue weighted by molar-refractivity contribution is -0.228. The molecule has 1 saturated heterocycles. The lowest BCUT2D eigenvalue weighted by Gasteiger charge is -2.54. The molecule has 2 aliphatic heterocycles. The van der Waals surface area contributed by atoms with Crippen LogP contribution in [0, 0.1) is 5.92 Å². The Labute approximate surface area is 247 Å². The summed E-state index contributed by atoms with van der Waals surface area (Å²) >= 11 is 0. The van der Waals surface area contributed by atoms with Gasteiger partial charge in [-0.2, -0.15) is 13.2 Å². The average Bonchev–Trinajstić information content (AvgIpc) is 2.97. The van der Waals surface area contributed by atoms with Crippen molar-refractivity contribution >= 4 is 11.9 Å². The summed E-state index contributed by atoms with van der Waals surface area (Å²) in [5.74, 6) is -1.64. The van der Waals surface area contributed by atoms with Crippen molar-refractivity contribution in [1.29, 1.82) is 0 Å². The van der Waals surface area contributed by atoms with Crippen LogP contribution < -0.4 is 9.47 Å². The van der Waals surface area contributed by atoms with E-state index in [2.05, 4.69) is 0 Å². The first-order chi connectivity index (χ1) is 20.2. The van der Waals surface area contributed by atoms with Gasteiger partial charge in [-0.1, -0.05) is 24.3 Å². The molecule has 3 unspecified atom stereocenters. The van der Waals surface area contributed by atoms with Gasteiger partial charge in [0.2, 0.25) is 5.67 Å². The van der Waals surface area contributed by atoms with E-state index >= 15 is 4.39 Å². The summed E-state index contributed by atoms with van der Waals surface area (Å²) in [5.41, 5.74) is -5.85. The zero-order chi connectivity index (χ0) is 31.2. The third-order valence-electron chi connectivity index (χ3n) is 9.55. The Balaban J connectivity index is 1.54. The van der Waals surface area contributed by atoms with Gasteiger partial charge in [0.1, 0.15) is 18.1 Å². The SMILES string of the molecule is CCOc1ccc(CC23CCCN(C(=O)[C@]4(F)CC[C@@H](C(=O)O)CC4)C2COc2cc(C(C)(F)C(F)(F)F)ccc23)cc1. The van der Waals surface area contributed by atoms with Gasteiger partial charge in [-0.05, 0) is 82.6 Å². The second-order valence-corrected chi connectivity index (χ2v) is 12.1. The first kappa shape index (κ1) is 31.1. The molecule has 1 amide bonds. The minimum atomic E-state index is -5.14. The van der Waals surface area contributed by atoms with Crippen molar-refractivity contribution in [2.24, 2.45) is 5.92 Å². The van der Waals surface area contributed by atoms with Crippen LogP contribution >= 0.6 is 0 Å². The number of benzene rings is 2. The lowest BCUT2D eigenvalue weighted by Crippen LogP contribution is -2.65. The second kappa shape index (κ2) is 11.3. The van der Waals surface area contributed by atoms with Crippen molar-refractivity contribution in [3.05, 3.63) is 59.2 Å². The maximum Gasteiger partial charge on any atom is 0.426 e. The number of alkyl halides is 5. The molecule has 2 fully saturated rings. The Bertz CT molecular complexity index is 1350. The number of nitrogens with zero attached hydrogens (tertiary/aromatic N) is 1. The van der Waals surface area contributed by atoms with E-state index in [0.717, 1.165) is 17.7 Å². The number of carbonyl (C=O) groups is 2. The number of carboxylic acids is 1. The third kappa shape index (κ3) is 5.55. The first-order valence-corrected chi connectivity index (χ1v) is 14.7. The molecule has 0 spiro atoms. The molecule has 2 heterocycles. The third-order valence-corrected chi connectivity index (χ3v) is 9.55. The zero-order valence-corrected chi connectivity index (χ0v) is 24.2. The number of hydrogen-bond donors (Lipinski definition) is 1. The molecule has 234 valence electrons. The summed E-state index contributed by atoms with van der Waals surface area (Å²) in [5, 5.41) is 9.35. The molecule has 3 aliphatic rings. The van der Waals surface area contributed by atoms with Crippen LogP contribution in [-0.2, 0) is 27.1 Å². The molecule has 0 bridgehead atoms. The molecule has 1 saturated carbocycles. The second-order valence-electron chi connectivity index (χ2n) is 12.1. The fourth-order valence-corrected chi connectivity index (χ4v) is 7.00. The topological polar surface area (TPSA) is 76.1 Å². The Morgan fingerprint density at radius 1 is 1.07 bits per heavy atom. The number of fused-ring (bicyclic) bond motifs is 3. The van der Waals surface area contributed by atoms with Crippen LogP contribution in [-0.4, -0.2) is 59.5 Å². The van der Waals surface area contributed by atoms with Gasteiger partial charge >= 0.3 is 12.1 Å². The first-order valence-electron chi connectivity index (χ1n) is 14.7. The average molecular weight is 610 g/mol. The Morgan fingerprint density at radius 2 is 1.74 bits per heavy atom. The van der Waals surface area contributed by atoms with Crippen LogP contribution in [0.1, 0.15) is 69.1 Å². The van der Waals surface area contributed by atoms with Crippen molar-refractivity contribution in [3.8, 4) is 11.5 Å². The number of carboxylic acid groups (broad SMARTS) is 1. The number of carbonyl (C=O) groups excluding carboxylic acids is 1. The van der Waals surface area contributed by atoms with E-state index < -0.39 is 52.3 Å². The highest BCUT2D eigenvalue weighted by Gasteiger charge is 2.57. The molecule has 2 aromatic rings. The quantitative estimate of drug-likeness (QED) is 0.355. The molecule has 11 heteroatoms. The fraction of sp³-hybridized carbons (Fsp3) is 0.562. The number of halogens is 5. The van der Waals surface area contributed by atoms with Crippen molar-refractivity contribution in [1.82, 2.24) is 4.90 Å². The van der Waals surface area contributed by atoms with Crippen LogP contribution in [0.4, 0.5) is 22.0 Å². The molecule has 43 heavy (non-hydrogen) atoms. The molecule has 6 nitrogen and oxygen atoms in total. The zero-order valence-electron chi connectivity index (χ0n) is 24.2. The number of hydrogen-bond acceptors (Lipinski definition) is 4. The fourth-order valence-electron chi connectivity index (χ4n) is 7.00. The summed E-state index contributed by atoms with van der Waals surface area (Å²) in [6.45, 7) is 2.97. The lowest BCUT2D eigenvalue weighted by atomic mass is 9.63. The maximum atomic E-state index is 16.2. The molecule has 3 atom stereocenters. The van der Waals surface area contributed by atoms with Gasteiger partial charge in [-0.15, -0.1) is 0 Å². The minimum absolute atomic E-state index is 0.0523. The van der Waals surface area contributed by atoms with E-state index in [-0.39, 0.29) is 44.6 Å². The predicted molar refractivity (Wildman–Crippen MR) is 148 cm³/mol. The van der Waals surface area contributed by atoms with Crippen LogP contribution in [0.5, 0.6) is 11.5 Å². The summed E-state index contributed by atoms with van der Waals surface area (Å²) < 4.78 is 83.3. The largest absolute Gasteiger partial charge is 0.494 e. The highest BCUT2D eigenvalue weighted by atomic mass is 19.4. The van der Waals surface area contributed by atoms with Gasteiger partial charge in [-0.3, -0.25) is 9.59 Å². The molecular weight excluding hydrogens is 573 g/mol. The van der Waals surface area contributed by atoms with Crippen LogP contribution in [0.15, 0.2) is 42.5 Å². The highest BCUT2D eigenvalue weighted by molar-refractivity contribution is 5.86. The number of ether oxygens (including phenoxy) is 2. The molecule has 2 aromatic carbocycles. The van der Waals surface area contributed by atoms with Crippen molar-refractivity contribution in [2.45, 2.75) is 87.8 Å². The van der Waals surface area contributed by atoms with Crippen molar-refractivity contribution in [3.63, 3.8) is 0 Å². The van der Waals surface area contributed by atoms with Crippen LogP contribution in [0.3, 0.4) is 0 Å². The van der Waals surface area contributed by atoms with E-state index in [9.17, 15) is 32.3 Å². The van der Waals surface area contributed by atoms with E-state index in [1.54, 1.807) is 0 Å². The van der Waals surface area contributed by atoms with Gasteiger partial charge < -0.3 is 19.5 Å². The van der Waals surface area contributed by atoms with Crippen molar-refractivity contribution in [2.75, 3.05) is 19.8 Å². The molecule has 1 N–H and O–H groups in total. The summed E-state index contributed by atoms with van der Waals surface area (Å²) in [6.07, 6.45) is -4.03. The minimum Gasteiger partial charge on any atom is -0.494 e. The van der Waals surface area contributed by atoms with Gasteiger partial charge in [0.05, 0.1) is 18.6 Å². The Kier molecular flexibility index (Phi) is 8.15. The van der Waals surface area contributed by atoms with Gasteiger partial charge in [0.25, 0.3) is 5.91 Å². The van der Waals surface area contributed by atoms with E-state index in [0.29, 0.717) is 44.1 Å². The van der Waals surface area contributed by atoms with Gasteiger partial charge in [0.15, 0.2) is 5.67 Å². The molecular formula is C32H36F5NO5. The summed E-state index contributed by atoms with van der Waals surface area (Å²) in [7, 11) is 0. The van der Waals surface area contributed by atoms with E-state index in [1.807, 2.05) is 31.2 Å². The highest BCUT2D eigenvalue weighted by Crippen LogP contribution is 2.52.